The summed E-state index contributed by atoms with van der Waals surface area (Å²) in [4.78, 5) is 16.7. The summed E-state index contributed by atoms with van der Waals surface area (Å²) in [6.07, 6.45) is -3.24. The highest BCUT2D eigenvalue weighted by molar-refractivity contribution is 6.31. The van der Waals surface area contributed by atoms with Crippen LogP contribution in [0.3, 0.4) is 0 Å². The lowest BCUT2D eigenvalue weighted by atomic mass is 9.99. The first-order valence-corrected chi connectivity index (χ1v) is 12.3. The summed E-state index contributed by atoms with van der Waals surface area (Å²) in [5, 5.41) is 10.4. The van der Waals surface area contributed by atoms with Gasteiger partial charge in [0.25, 0.3) is 6.01 Å². The van der Waals surface area contributed by atoms with Crippen molar-refractivity contribution in [3.8, 4) is 6.01 Å². The maximum Gasteiger partial charge on any atom is 0.389 e. The van der Waals surface area contributed by atoms with E-state index in [9.17, 15) is 18.3 Å². The number of pyridine rings is 2. The number of nitrogens with zero attached hydrogens (tertiary/aromatic N) is 3. The van der Waals surface area contributed by atoms with Gasteiger partial charge in [0.1, 0.15) is 18.3 Å². The maximum absolute atomic E-state index is 12.6. The van der Waals surface area contributed by atoms with Gasteiger partial charge in [-0.2, -0.15) is 18.2 Å². The van der Waals surface area contributed by atoms with Gasteiger partial charge in [-0.1, -0.05) is 17.7 Å². The number of fused-ring (bicyclic) bond motifs is 3. The first-order valence-electron chi connectivity index (χ1n) is 11.9. The standard InChI is InChI=1S/C24H24ClF3N4O4/c25-14-7-16-22(32-23(31-16)36-18-10-35-20-17(33)9-34-21(18)20)30-15(14)6-13-2-1-12-5-11(8-29-19(12)13)3-4-24(26,27)28/h5,7-8,13,17-18,20-21,33H,1-4,6,9-10H2,(H,30,31,32)/t13?,17-,18-,20-,21-/m1/s1. The minimum Gasteiger partial charge on any atom is -0.456 e. The molecule has 5 heterocycles. The van der Waals surface area contributed by atoms with Crippen molar-refractivity contribution in [2.45, 2.75) is 68.6 Å². The zero-order valence-electron chi connectivity index (χ0n) is 19.1. The van der Waals surface area contributed by atoms with E-state index in [0.717, 1.165) is 24.1 Å². The molecule has 0 aromatic carbocycles. The third kappa shape index (κ3) is 4.65. The van der Waals surface area contributed by atoms with Crippen LogP contribution in [0.4, 0.5) is 13.2 Å². The second-order valence-electron chi connectivity index (χ2n) is 9.59. The molecule has 36 heavy (non-hydrogen) atoms. The molecule has 3 aromatic rings. The largest absolute Gasteiger partial charge is 0.456 e. The molecule has 0 saturated carbocycles. The zero-order valence-corrected chi connectivity index (χ0v) is 19.8. The summed E-state index contributed by atoms with van der Waals surface area (Å²) in [6.45, 7) is 0.499. The monoisotopic (exact) mass is 524 g/mol. The highest BCUT2D eigenvalue weighted by Gasteiger charge is 2.48. The van der Waals surface area contributed by atoms with Crippen molar-refractivity contribution >= 4 is 22.8 Å². The molecule has 0 radical (unpaired) electrons. The molecule has 2 fully saturated rings. The van der Waals surface area contributed by atoms with E-state index in [1.54, 1.807) is 12.3 Å². The van der Waals surface area contributed by atoms with Crippen LogP contribution in [0.5, 0.6) is 6.01 Å². The van der Waals surface area contributed by atoms with Gasteiger partial charge in [-0.3, -0.25) is 4.98 Å². The Morgan fingerprint density at radius 3 is 2.83 bits per heavy atom. The number of aromatic nitrogens is 4. The van der Waals surface area contributed by atoms with Gasteiger partial charge in [0.05, 0.1) is 29.4 Å². The predicted molar refractivity (Wildman–Crippen MR) is 122 cm³/mol. The van der Waals surface area contributed by atoms with E-state index in [1.165, 1.54) is 0 Å². The van der Waals surface area contributed by atoms with E-state index in [4.69, 9.17) is 25.8 Å². The number of H-pyrrole nitrogens is 1. The molecule has 0 amide bonds. The summed E-state index contributed by atoms with van der Waals surface area (Å²) in [5.74, 6) is 0.0762. The number of ether oxygens (including phenoxy) is 3. The fourth-order valence-electron chi connectivity index (χ4n) is 5.28. The number of halogens is 4. The highest BCUT2D eigenvalue weighted by Crippen LogP contribution is 2.37. The Morgan fingerprint density at radius 1 is 1.17 bits per heavy atom. The van der Waals surface area contributed by atoms with Gasteiger partial charge in [0, 0.05) is 24.2 Å². The van der Waals surface area contributed by atoms with Crippen LogP contribution in [0.2, 0.25) is 5.02 Å². The molecular formula is C24H24ClF3N4O4. The Kier molecular flexibility index (Phi) is 6.06. The number of alkyl halides is 3. The molecule has 0 spiro atoms. The van der Waals surface area contributed by atoms with E-state index in [0.29, 0.717) is 33.9 Å². The van der Waals surface area contributed by atoms with Gasteiger partial charge >= 0.3 is 6.18 Å². The molecule has 192 valence electrons. The number of hydrogen-bond acceptors (Lipinski definition) is 7. The molecule has 1 unspecified atom stereocenters. The quantitative estimate of drug-likeness (QED) is 0.507. The van der Waals surface area contributed by atoms with E-state index in [2.05, 4.69) is 19.9 Å². The molecule has 2 N–H and O–H groups in total. The molecule has 12 heteroatoms. The van der Waals surface area contributed by atoms with E-state index in [-0.39, 0.29) is 37.7 Å². The van der Waals surface area contributed by atoms with Crippen LogP contribution in [0, 0.1) is 0 Å². The lowest BCUT2D eigenvalue weighted by Gasteiger charge is -2.15. The summed E-state index contributed by atoms with van der Waals surface area (Å²) in [7, 11) is 0. The molecule has 3 aliphatic rings. The number of aliphatic hydroxyl groups is 1. The lowest BCUT2D eigenvalue weighted by Crippen LogP contribution is -2.34. The Morgan fingerprint density at radius 2 is 2.00 bits per heavy atom. The Bertz CT molecular complexity index is 1290. The second kappa shape index (κ2) is 9.13. The van der Waals surface area contributed by atoms with Gasteiger partial charge in [0.15, 0.2) is 11.8 Å². The van der Waals surface area contributed by atoms with Gasteiger partial charge in [0.2, 0.25) is 0 Å². The van der Waals surface area contributed by atoms with Crippen LogP contribution in [0.1, 0.15) is 41.3 Å². The van der Waals surface area contributed by atoms with E-state index < -0.39 is 30.9 Å². The number of hydrogen-bond donors (Lipinski definition) is 2. The molecule has 5 atom stereocenters. The number of aromatic amines is 1. The average molecular weight is 525 g/mol. The predicted octanol–water partition coefficient (Wildman–Crippen LogP) is 3.68. The Hall–Kier alpha value is -2.47. The van der Waals surface area contributed by atoms with E-state index >= 15 is 0 Å². The van der Waals surface area contributed by atoms with E-state index in [1.807, 2.05) is 6.07 Å². The molecule has 3 aromatic heterocycles. The number of imidazole rings is 1. The van der Waals surface area contributed by atoms with Crippen molar-refractivity contribution < 1.29 is 32.5 Å². The number of rotatable bonds is 6. The Balaban J connectivity index is 1.16. The SMILES string of the molecule is O[C@@H]1CO[C@H]2[C@@H]1OC[C@H]2Oc1nc2nc(CC3CCc4cc(CCC(F)(F)F)cnc43)c(Cl)cc2[nH]1. The number of aryl methyl sites for hydroxylation is 2. The summed E-state index contributed by atoms with van der Waals surface area (Å²) < 4.78 is 54.8. The molecule has 2 aliphatic heterocycles. The van der Waals surface area contributed by atoms with Crippen LogP contribution in [-0.2, 0) is 28.7 Å². The van der Waals surface area contributed by atoms with Gasteiger partial charge in [-0.15, -0.1) is 0 Å². The second-order valence-corrected chi connectivity index (χ2v) is 10.00. The van der Waals surface area contributed by atoms with Crippen molar-refractivity contribution in [3.63, 3.8) is 0 Å². The van der Waals surface area contributed by atoms with Crippen molar-refractivity contribution in [2.75, 3.05) is 13.2 Å². The van der Waals surface area contributed by atoms with Crippen molar-refractivity contribution in [1.82, 2.24) is 19.9 Å². The number of nitrogens with one attached hydrogen (secondary N) is 1. The first-order chi connectivity index (χ1) is 17.2. The van der Waals surface area contributed by atoms with Gasteiger partial charge in [-0.25, -0.2) is 4.98 Å². The normalized spacial score (nSPS) is 27.5. The van der Waals surface area contributed by atoms with Crippen molar-refractivity contribution in [3.05, 3.63) is 45.9 Å². The van der Waals surface area contributed by atoms with Crippen LogP contribution < -0.4 is 4.74 Å². The van der Waals surface area contributed by atoms with Crippen molar-refractivity contribution in [1.29, 1.82) is 0 Å². The molecule has 2 saturated heterocycles. The molecule has 6 rings (SSSR count). The fraction of sp³-hybridized carbons (Fsp3) is 0.542. The summed E-state index contributed by atoms with van der Waals surface area (Å²) >= 11 is 6.54. The first kappa shape index (κ1) is 23.9. The highest BCUT2D eigenvalue weighted by atomic mass is 35.5. The number of aliphatic hydroxyl groups excluding tert-OH is 1. The third-order valence-corrected chi connectivity index (χ3v) is 7.39. The topological polar surface area (TPSA) is 102 Å². The smallest absolute Gasteiger partial charge is 0.389 e. The minimum absolute atomic E-state index is 0.0663. The third-order valence-electron chi connectivity index (χ3n) is 7.07. The van der Waals surface area contributed by atoms with Crippen molar-refractivity contribution in [2.24, 2.45) is 0 Å². The van der Waals surface area contributed by atoms with Crippen LogP contribution in [-0.4, -0.2) is 68.8 Å². The molecular weight excluding hydrogens is 501 g/mol. The van der Waals surface area contributed by atoms with Crippen LogP contribution in [0.25, 0.3) is 11.2 Å². The Labute approximate surface area is 209 Å². The van der Waals surface area contributed by atoms with Gasteiger partial charge in [-0.05, 0) is 42.9 Å². The molecule has 0 bridgehead atoms. The minimum atomic E-state index is -4.18. The maximum atomic E-state index is 12.6. The molecule has 8 nitrogen and oxygen atoms in total. The van der Waals surface area contributed by atoms with Crippen LogP contribution in [0.15, 0.2) is 18.3 Å². The lowest BCUT2D eigenvalue weighted by molar-refractivity contribution is -0.134. The fourth-order valence-corrected chi connectivity index (χ4v) is 5.51. The summed E-state index contributed by atoms with van der Waals surface area (Å²) in [6, 6.07) is 3.87. The average Bonchev–Trinajstić information content (AvgIpc) is 3.59. The zero-order chi connectivity index (χ0) is 25.0. The molecule has 1 aliphatic carbocycles. The van der Waals surface area contributed by atoms with Crippen LogP contribution >= 0.6 is 11.6 Å². The summed E-state index contributed by atoms with van der Waals surface area (Å²) in [5.41, 5.74) is 4.24. The van der Waals surface area contributed by atoms with Gasteiger partial charge < -0.3 is 24.3 Å².